The maximum Gasteiger partial charge on any atom is 0.335 e. The largest absolute Gasteiger partial charge is 0.497 e. The summed E-state index contributed by atoms with van der Waals surface area (Å²) in [5.41, 5.74) is 2.91. The minimum Gasteiger partial charge on any atom is -0.497 e. The van der Waals surface area contributed by atoms with Gasteiger partial charge in [0.2, 0.25) is 0 Å². The van der Waals surface area contributed by atoms with Crippen molar-refractivity contribution in [3.05, 3.63) is 75.1 Å². The SMILES string of the molecule is COc1ccc(C=C2CCc3c2oc2ccc(C(=O)O)cc2c3=O)cc1. The summed E-state index contributed by atoms with van der Waals surface area (Å²) in [5, 5.41) is 9.44. The number of fused-ring (bicyclic) bond motifs is 2. The van der Waals surface area contributed by atoms with Crippen molar-refractivity contribution < 1.29 is 19.1 Å². The van der Waals surface area contributed by atoms with Crippen LogP contribution in [0, 0.1) is 0 Å². The van der Waals surface area contributed by atoms with Gasteiger partial charge in [-0.2, -0.15) is 0 Å². The molecule has 130 valence electrons. The van der Waals surface area contributed by atoms with Crippen molar-refractivity contribution in [2.24, 2.45) is 0 Å². The highest BCUT2D eigenvalue weighted by Gasteiger charge is 2.24. The van der Waals surface area contributed by atoms with Crippen molar-refractivity contribution in [2.45, 2.75) is 12.8 Å². The number of aromatic carboxylic acids is 1. The molecule has 1 aliphatic carbocycles. The number of hydrogen-bond donors (Lipinski definition) is 1. The smallest absolute Gasteiger partial charge is 0.335 e. The molecule has 0 radical (unpaired) electrons. The molecule has 0 fully saturated rings. The summed E-state index contributed by atoms with van der Waals surface area (Å²) in [6, 6.07) is 12.0. The van der Waals surface area contributed by atoms with Gasteiger partial charge in [-0.05, 0) is 60.4 Å². The predicted molar refractivity (Wildman–Crippen MR) is 98.6 cm³/mol. The molecule has 5 heteroatoms. The average Bonchev–Trinajstić information content (AvgIpc) is 3.05. The maximum absolute atomic E-state index is 12.8. The first-order chi connectivity index (χ1) is 12.6. The van der Waals surface area contributed by atoms with Gasteiger partial charge in [-0.25, -0.2) is 4.79 Å². The van der Waals surface area contributed by atoms with Crippen molar-refractivity contribution in [3.8, 4) is 5.75 Å². The van der Waals surface area contributed by atoms with Gasteiger partial charge >= 0.3 is 5.97 Å². The zero-order valence-electron chi connectivity index (χ0n) is 14.1. The molecule has 26 heavy (non-hydrogen) atoms. The summed E-state index contributed by atoms with van der Waals surface area (Å²) in [6.07, 6.45) is 3.31. The van der Waals surface area contributed by atoms with Crippen LogP contribution < -0.4 is 10.2 Å². The van der Waals surface area contributed by atoms with Gasteiger partial charge in [0, 0.05) is 5.56 Å². The molecule has 3 aromatic rings. The Bertz CT molecular complexity index is 1100. The highest BCUT2D eigenvalue weighted by molar-refractivity contribution is 5.94. The molecule has 1 N–H and O–H groups in total. The zero-order valence-corrected chi connectivity index (χ0v) is 14.1. The van der Waals surface area contributed by atoms with Crippen LogP contribution in [0.2, 0.25) is 0 Å². The van der Waals surface area contributed by atoms with Crippen LogP contribution in [0.4, 0.5) is 0 Å². The number of ether oxygens (including phenoxy) is 1. The summed E-state index contributed by atoms with van der Waals surface area (Å²) in [5.74, 6) is 0.319. The number of rotatable bonds is 3. The van der Waals surface area contributed by atoms with Crippen molar-refractivity contribution >= 4 is 28.6 Å². The summed E-state index contributed by atoms with van der Waals surface area (Å²) in [7, 11) is 1.62. The van der Waals surface area contributed by atoms with Gasteiger partial charge in [0.15, 0.2) is 5.43 Å². The van der Waals surface area contributed by atoms with Crippen LogP contribution in [-0.4, -0.2) is 18.2 Å². The first-order valence-electron chi connectivity index (χ1n) is 8.25. The van der Waals surface area contributed by atoms with E-state index in [2.05, 4.69) is 0 Å². The van der Waals surface area contributed by atoms with Gasteiger partial charge in [0.25, 0.3) is 0 Å². The maximum atomic E-state index is 12.8. The number of carbonyl (C=O) groups is 1. The second kappa shape index (κ2) is 6.19. The summed E-state index contributed by atoms with van der Waals surface area (Å²) in [6.45, 7) is 0. The number of allylic oxidation sites excluding steroid dienone is 1. The van der Waals surface area contributed by atoms with Crippen molar-refractivity contribution in [3.63, 3.8) is 0 Å². The Hall–Kier alpha value is -3.34. The van der Waals surface area contributed by atoms with Crippen LogP contribution in [0.5, 0.6) is 5.75 Å². The predicted octanol–water partition coefficient (Wildman–Crippen LogP) is 3.99. The number of benzene rings is 2. The minimum atomic E-state index is -1.06. The second-order valence-corrected chi connectivity index (χ2v) is 6.20. The molecule has 1 aromatic heterocycles. The zero-order chi connectivity index (χ0) is 18.3. The van der Waals surface area contributed by atoms with Crippen molar-refractivity contribution in [1.29, 1.82) is 0 Å². The third kappa shape index (κ3) is 2.67. The van der Waals surface area contributed by atoms with Crippen LogP contribution >= 0.6 is 0 Å². The fourth-order valence-corrected chi connectivity index (χ4v) is 3.27. The molecule has 0 atom stereocenters. The molecular formula is C21H16O5. The van der Waals surface area contributed by atoms with E-state index in [1.54, 1.807) is 13.2 Å². The third-order valence-corrected chi connectivity index (χ3v) is 4.62. The first kappa shape index (κ1) is 16.1. The van der Waals surface area contributed by atoms with Gasteiger partial charge in [0.1, 0.15) is 17.1 Å². The lowest BCUT2D eigenvalue weighted by Gasteiger charge is -2.05. The molecule has 0 amide bonds. The molecule has 0 bridgehead atoms. The number of methoxy groups -OCH3 is 1. The van der Waals surface area contributed by atoms with E-state index in [-0.39, 0.29) is 11.0 Å². The molecule has 0 aliphatic heterocycles. The Morgan fingerprint density at radius 2 is 1.92 bits per heavy atom. The molecule has 1 aliphatic rings. The Morgan fingerprint density at radius 3 is 2.62 bits per heavy atom. The van der Waals surface area contributed by atoms with Gasteiger partial charge in [0.05, 0.1) is 18.1 Å². The molecular weight excluding hydrogens is 332 g/mol. The molecule has 5 nitrogen and oxygen atoms in total. The van der Waals surface area contributed by atoms with Gasteiger partial charge < -0.3 is 14.3 Å². The quantitative estimate of drug-likeness (QED) is 0.774. The Kier molecular flexibility index (Phi) is 3.84. The van der Waals surface area contributed by atoms with Crippen LogP contribution in [0.1, 0.15) is 33.7 Å². The van der Waals surface area contributed by atoms with Crippen LogP contribution in [0.25, 0.3) is 22.6 Å². The van der Waals surface area contributed by atoms with Crippen LogP contribution in [-0.2, 0) is 6.42 Å². The Morgan fingerprint density at radius 1 is 1.15 bits per heavy atom. The molecule has 4 rings (SSSR count). The van der Waals surface area contributed by atoms with E-state index in [1.807, 2.05) is 30.3 Å². The molecule has 0 spiro atoms. The van der Waals surface area contributed by atoms with E-state index in [0.29, 0.717) is 35.1 Å². The fourth-order valence-electron chi connectivity index (χ4n) is 3.27. The van der Waals surface area contributed by atoms with E-state index in [0.717, 1.165) is 16.9 Å². The van der Waals surface area contributed by atoms with E-state index in [4.69, 9.17) is 14.3 Å². The van der Waals surface area contributed by atoms with E-state index < -0.39 is 5.97 Å². The molecule has 0 saturated heterocycles. The van der Waals surface area contributed by atoms with Crippen LogP contribution in [0.15, 0.2) is 51.7 Å². The lowest BCUT2D eigenvalue weighted by Crippen LogP contribution is -2.09. The van der Waals surface area contributed by atoms with E-state index >= 15 is 0 Å². The third-order valence-electron chi connectivity index (χ3n) is 4.62. The summed E-state index contributed by atoms with van der Waals surface area (Å²) >= 11 is 0. The lowest BCUT2D eigenvalue weighted by atomic mass is 10.1. The minimum absolute atomic E-state index is 0.0803. The van der Waals surface area contributed by atoms with E-state index in [9.17, 15) is 9.59 Å². The first-order valence-corrected chi connectivity index (χ1v) is 8.25. The van der Waals surface area contributed by atoms with Gasteiger partial charge in [-0.3, -0.25) is 4.79 Å². The number of hydrogen-bond acceptors (Lipinski definition) is 4. The Balaban J connectivity index is 1.82. The number of carboxylic acids is 1. The summed E-state index contributed by atoms with van der Waals surface area (Å²) in [4.78, 5) is 23.9. The van der Waals surface area contributed by atoms with Crippen molar-refractivity contribution in [2.75, 3.05) is 7.11 Å². The second-order valence-electron chi connectivity index (χ2n) is 6.20. The molecule has 0 unspecified atom stereocenters. The van der Waals surface area contributed by atoms with Crippen LogP contribution in [0.3, 0.4) is 0 Å². The van der Waals surface area contributed by atoms with Crippen molar-refractivity contribution in [1.82, 2.24) is 0 Å². The molecule has 0 saturated carbocycles. The highest BCUT2D eigenvalue weighted by Crippen LogP contribution is 2.34. The summed E-state index contributed by atoms with van der Waals surface area (Å²) < 4.78 is 11.1. The fraction of sp³-hybridized carbons (Fsp3) is 0.143. The lowest BCUT2D eigenvalue weighted by molar-refractivity contribution is 0.0697. The standard InChI is InChI=1S/C21H16O5/c1-25-15-6-2-12(3-7-15)10-13-4-8-16-19(22)17-11-14(21(23)24)5-9-18(17)26-20(13)16/h2-3,5-7,9-11H,4,8H2,1H3,(H,23,24). The van der Waals surface area contributed by atoms with E-state index in [1.165, 1.54) is 12.1 Å². The normalized spacial score (nSPS) is 14.6. The molecule has 2 aromatic carbocycles. The average molecular weight is 348 g/mol. The van der Waals surface area contributed by atoms with Gasteiger partial charge in [-0.1, -0.05) is 12.1 Å². The molecule has 1 heterocycles. The number of carboxylic acid groups (broad SMARTS) is 1. The Labute approximate surface area is 149 Å². The topological polar surface area (TPSA) is 76.7 Å². The highest BCUT2D eigenvalue weighted by atomic mass is 16.5. The monoisotopic (exact) mass is 348 g/mol. The van der Waals surface area contributed by atoms with Gasteiger partial charge in [-0.15, -0.1) is 0 Å².